The minimum Gasteiger partial charge on any atom is -0.361 e. The number of nitrogens with zero attached hydrogens (tertiary/aromatic N) is 2. The first-order valence-electron chi connectivity index (χ1n) is 5.64. The van der Waals surface area contributed by atoms with Crippen molar-refractivity contribution in [2.24, 2.45) is 11.1 Å². The second-order valence-electron chi connectivity index (χ2n) is 5.47. The topological polar surface area (TPSA) is 72.4 Å². The van der Waals surface area contributed by atoms with E-state index in [9.17, 15) is 4.79 Å². The molecular weight excluding hydrogens is 218 g/mol. The standard InChI is InChI=1S/C12H21N3O2/c1-8-6-9(14-17-8)7-15(5)11(16)10(13)12(2,3)4/h6,10H,7,13H2,1-5H3/t10-/m1/s1. The van der Waals surface area contributed by atoms with Gasteiger partial charge in [0.25, 0.3) is 0 Å². The molecule has 0 aromatic carbocycles. The Hall–Kier alpha value is -1.36. The van der Waals surface area contributed by atoms with E-state index in [4.69, 9.17) is 10.3 Å². The van der Waals surface area contributed by atoms with Crippen LogP contribution in [-0.2, 0) is 11.3 Å². The summed E-state index contributed by atoms with van der Waals surface area (Å²) in [5.41, 5.74) is 6.41. The monoisotopic (exact) mass is 239 g/mol. The molecule has 1 atom stereocenters. The van der Waals surface area contributed by atoms with Crippen LogP contribution in [0.1, 0.15) is 32.2 Å². The molecule has 1 heterocycles. The number of hydrogen-bond donors (Lipinski definition) is 1. The smallest absolute Gasteiger partial charge is 0.240 e. The van der Waals surface area contributed by atoms with Gasteiger partial charge in [-0.1, -0.05) is 25.9 Å². The van der Waals surface area contributed by atoms with Crippen LogP contribution in [0.25, 0.3) is 0 Å². The molecule has 0 spiro atoms. The van der Waals surface area contributed by atoms with Crippen molar-refractivity contribution in [2.75, 3.05) is 7.05 Å². The van der Waals surface area contributed by atoms with Gasteiger partial charge in [-0.25, -0.2) is 0 Å². The van der Waals surface area contributed by atoms with Crippen LogP contribution in [0.15, 0.2) is 10.6 Å². The molecule has 96 valence electrons. The van der Waals surface area contributed by atoms with Crippen molar-refractivity contribution in [3.63, 3.8) is 0 Å². The van der Waals surface area contributed by atoms with Crippen LogP contribution < -0.4 is 5.73 Å². The van der Waals surface area contributed by atoms with Gasteiger partial charge in [0.15, 0.2) is 0 Å². The number of nitrogens with two attached hydrogens (primary N) is 1. The van der Waals surface area contributed by atoms with Crippen molar-refractivity contribution in [1.29, 1.82) is 0 Å². The van der Waals surface area contributed by atoms with Gasteiger partial charge in [0.1, 0.15) is 11.5 Å². The van der Waals surface area contributed by atoms with E-state index < -0.39 is 6.04 Å². The number of carbonyl (C=O) groups excluding carboxylic acids is 1. The molecule has 0 radical (unpaired) electrons. The van der Waals surface area contributed by atoms with Crippen molar-refractivity contribution < 1.29 is 9.32 Å². The van der Waals surface area contributed by atoms with Crippen LogP contribution in [0.3, 0.4) is 0 Å². The third-order valence-corrected chi connectivity index (χ3v) is 2.65. The molecule has 0 saturated heterocycles. The lowest BCUT2D eigenvalue weighted by atomic mass is 9.86. The molecule has 0 saturated carbocycles. The largest absolute Gasteiger partial charge is 0.361 e. The Balaban J connectivity index is 2.65. The zero-order chi connectivity index (χ0) is 13.2. The van der Waals surface area contributed by atoms with Gasteiger partial charge in [-0.15, -0.1) is 0 Å². The first-order chi connectivity index (χ1) is 7.71. The highest BCUT2D eigenvalue weighted by atomic mass is 16.5. The first kappa shape index (κ1) is 13.7. The van der Waals surface area contributed by atoms with E-state index in [2.05, 4.69) is 5.16 Å². The normalized spacial score (nSPS) is 13.5. The van der Waals surface area contributed by atoms with Gasteiger partial charge < -0.3 is 15.2 Å². The Morgan fingerprint density at radius 2 is 2.18 bits per heavy atom. The average Bonchev–Trinajstić information content (AvgIpc) is 2.60. The summed E-state index contributed by atoms with van der Waals surface area (Å²) >= 11 is 0. The fourth-order valence-electron chi connectivity index (χ4n) is 1.42. The minimum atomic E-state index is -0.513. The summed E-state index contributed by atoms with van der Waals surface area (Å²) in [5, 5.41) is 3.85. The van der Waals surface area contributed by atoms with Crippen molar-refractivity contribution in [3.8, 4) is 0 Å². The summed E-state index contributed by atoms with van der Waals surface area (Å²) in [6, 6.07) is 1.30. The Morgan fingerprint density at radius 1 is 1.59 bits per heavy atom. The molecule has 0 bridgehead atoms. The quantitative estimate of drug-likeness (QED) is 0.863. The van der Waals surface area contributed by atoms with Crippen LogP contribution in [0.2, 0.25) is 0 Å². The molecule has 1 amide bonds. The Kier molecular flexibility index (Phi) is 3.93. The first-order valence-corrected chi connectivity index (χ1v) is 5.64. The van der Waals surface area contributed by atoms with Crippen LogP contribution in [0.4, 0.5) is 0 Å². The predicted octanol–water partition coefficient (Wildman–Crippen LogP) is 1.31. The number of carbonyl (C=O) groups is 1. The van der Waals surface area contributed by atoms with Crippen molar-refractivity contribution >= 4 is 5.91 Å². The molecule has 5 heteroatoms. The number of likely N-dealkylation sites (N-methyl/N-ethyl adjacent to an activating group) is 1. The van der Waals surface area contributed by atoms with Gasteiger partial charge in [-0.3, -0.25) is 4.79 Å². The highest BCUT2D eigenvalue weighted by Gasteiger charge is 2.29. The van der Waals surface area contributed by atoms with E-state index in [0.29, 0.717) is 6.54 Å². The lowest BCUT2D eigenvalue weighted by Gasteiger charge is -2.29. The summed E-state index contributed by atoms with van der Waals surface area (Å²) in [7, 11) is 1.72. The second kappa shape index (κ2) is 4.87. The molecule has 1 aromatic rings. The number of amides is 1. The maximum absolute atomic E-state index is 12.0. The number of hydrogen-bond acceptors (Lipinski definition) is 4. The summed E-state index contributed by atoms with van der Waals surface area (Å²) in [4.78, 5) is 13.6. The molecule has 0 fully saturated rings. The van der Waals surface area contributed by atoms with E-state index >= 15 is 0 Å². The molecule has 17 heavy (non-hydrogen) atoms. The zero-order valence-electron chi connectivity index (χ0n) is 11.2. The lowest BCUT2D eigenvalue weighted by molar-refractivity contribution is -0.134. The predicted molar refractivity (Wildman–Crippen MR) is 65.1 cm³/mol. The molecule has 0 aliphatic rings. The molecule has 0 aliphatic heterocycles. The van der Waals surface area contributed by atoms with Crippen molar-refractivity contribution in [2.45, 2.75) is 40.3 Å². The fourth-order valence-corrected chi connectivity index (χ4v) is 1.42. The van der Waals surface area contributed by atoms with Gasteiger partial charge in [0.05, 0.1) is 12.6 Å². The molecule has 0 unspecified atom stereocenters. The van der Waals surface area contributed by atoms with Gasteiger partial charge in [0, 0.05) is 13.1 Å². The molecular formula is C12H21N3O2. The average molecular weight is 239 g/mol. The maximum atomic E-state index is 12.0. The SMILES string of the molecule is Cc1cc(CN(C)C(=O)[C@@H](N)C(C)(C)C)no1. The molecule has 0 aliphatic carbocycles. The van der Waals surface area contributed by atoms with Gasteiger partial charge in [-0.05, 0) is 12.3 Å². The van der Waals surface area contributed by atoms with Gasteiger partial charge >= 0.3 is 0 Å². The summed E-state index contributed by atoms with van der Waals surface area (Å²) in [6.07, 6.45) is 0. The Labute approximate surface area is 102 Å². The van der Waals surface area contributed by atoms with Crippen LogP contribution in [0, 0.1) is 12.3 Å². The Morgan fingerprint density at radius 3 is 2.59 bits per heavy atom. The van der Waals surface area contributed by atoms with Gasteiger partial charge in [-0.2, -0.15) is 0 Å². The van der Waals surface area contributed by atoms with Crippen molar-refractivity contribution in [3.05, 3.63) is 17.5 Å². The second-order valence-corrected chi connectivity index (χ2v) is 5.47. The summed E-state index contributed by atoms with van der Waals surface area (Å²) < 4.78 is 4.95. The molecule has 5 nitrogen and oxygen atoms in total. The number of aryl methyl sites for hydroxylation is 1. The van der Waals surface area contributed by atoms with E-state index in [1.54, 1.807) is 11.9 Å². The van der Waals surface area contributed by atoms with Crippen LogP contribution >= 0.6 is 0 Å². The van der Waals surface area contributed by atoms with E-state index in [0.717, 1.165) is 11.5 Å². The maximum Gasteiger partial charge on any atom is 0.240 e. The molecule has 1 aromatic heterocycles. The third-order valence-electron chi connectivity index (χ3n) is 2.65. The minimum absolute atomic E-state index is 0.0850. The van der Waals surface area contributed by atoms with E-state index in [-0.39, 0.29) is 11.3 Å². The Bertz CT molecular complexity index is 393. The van der Waals surface area contributed by atoms with Crippen LogP contribution in [-0.4, -0.2) is 29.1 Å². The highest BCUT2D eigenvalue weighted by molar-refractivity contribution is 5.82. The number of aromatic nitrogens is 1. The zero-order valence-corrected chi connectivity index (χ0v) is 11.2. The summed E-state index contributed by atoms with van der Waals surface area (Å²) in [5.74, 6) is 0.652. The van der Waals surface area contributed by atoms with Gasteiger partial charge in [0.2, 0.25) is 5.91 Å². The highest BCUT2D eigenvalue weighted by Crippen LogP contribution is 2.19. The fraction of sp³-hybridized carbons (Fsp3) is 0.667. The molecule has 1 rings (SSSR count). The van der Waals surface area contributed by atoms with E-state index in [1.165, 1.54) is 0 Å². The van der Waals surface area contributed by atoms with Crippen molar-refractivity contribution in [1.82, 2.24) is 10.1 Å². The van der Waals surface area contributed by atoms with Crippen LogP contribution in [0.5, 0.6) is 0 Å². The van der Waals surface area contributed by atoms with E-state index in [1.807, 2.05) is 33.8 Å². The third kappa shape index (κ3) is 3.56. The molecule has 2 N–H and O–H groups in total. The number of rotatable bonds is 3. The lowest BCUT2D eigenvalue weighted by Crippen LogP contribution is -2.48. The summed E-state index contributed by atoms with van der Waals surface area (Å²) in [6.45, 7) is 8.08.